The Labute approximate surface area is 143 Å². The number of alkyl halides is 4. The third-order valence-corrected chi connectivity index (χ3v) is 3.00. The lowest BCUT2D eigenvalue weighted by Crippen LogP contribution is -2.31. The third-order valence-electron chi connectivity index (χ3n) is 3.00. The second-order valence-corrected chi connectivity index (χ2v) is 5.10. The minimum Gasteiger partial charge on any atom is -0.348 e. The van der Waals surface area contributed by atoms with Gasteiger partial charge < -0.3 is 27.0 Å². The van der Waals surface area contributed by atoms with Crippen LogP contribution in [0, 0.1) is 0 Å². The van der Waals surface area contributed by atoms with Crippen molar-refractivity contribution in [3.63, 3.8) is 0 Å². The van der Waals surface area contributed by atoms with E-state index in [0.29, 0.717) is 39.0 Å². The van der Waals surface area contributed by atoms with Gasteiger partial charge >= 0.3 is 0 Å². The van der Waals surface area contributed by atoms with Crippen LogP contribution in [0.4, 0.5) is 35.4 Å². The molecule has 0 aliphatic carbocycles. The molecule has 1 rings (SSSR count). The number of nitrogens with two attached hydrogens (primary N) is 2. The van der Waals surface area contributed by atoms with E-state index in [1.165, 1.54) is 0 Å². The highest BCUT2D eigenvalue weighted by Crippen LogP contribution is 2.15. The minimum absolute atomic E-state index is 0.118. The maximum atomic E-state index is 12.4. The van der Waals surface area contributed by atoms with Gasteiger partial charge in [-0.1, -0.05) is 0 Å². The van der Waals surface area contributed by atoms with E-state index in [2.05, 4.69) is 25.6 Å². The molecule has 0 saturated heterocycles. The van der Waals surface area contributed by atoms with Crippen LogP contribution in [-0.4, -0.2) is 67.1 Å². The molecule has 1 aromatic heterocycles. The van der Waals surface area contributed by atoms with Crippen molar-refractivity contribution in [3.05, 3.63) is 0 Å². The van der Waals surface area contributed by atoms with Gasteiger partial charge in [-0.05, 0) is 25.9 Å². The first kappa shape index (κ1) is 21.1. The molecule has 0 aromatic carbocycles. The van der Waals surface area contributed by atoms with Gasteiger partial charge in [0.2, 0.25) is 17.8 Å². The maximum Gasteiger partial charge on any atom is 0.255 e. The van der Waals surface area contributed by atoms with Gasteiger partial charge in [0.1, 0.15) is 0 Å². The van der Waals surface area contributed by atoms with Crippen LogP contribution in [0.3, 0.4) is 0 Å². The summed E-state index contributed by atoms with van der Waals surface area (Å²) in [5.41, 5.74) is 11.0. The molecule has 6 N–H and O–H groups in total. The van der Waals surface area contributed by atoms with E-state index in [0.717, 1.165) is 0 Å². The number of nitrogens with one attached hydrogen (secondary N) is 2. The summed E-state index contributed by atoms with van der Waals surface area (Å²) >= 11 is 0. The van der Waals surface area contributed by atoms with Crippen LogP contribution in [0.5, 0.6) is 0 Å². The van der Waals surface area contributed by atoms with Crippen molar-refractivity contribution in [2.75, 3.05) is 54.8 Å². The Kier molecular flexibility index (Phi) is 9.77. The molecular formula is C13H24F4N8. The first-order valence-electron chi connectivity index (χ1n) is 7.91. The van der Waals surface area contributed by atoms with E-state index in [1.807, 2.05) is 0 Å². The lowest BCUT2D eigenvalue weighted by Gasteiger charge is -2.23. The Hall–Kier alpha value is -1.95. The van der Waals surface area contributed by atoms with E-state index < -0.39 is 25.9 Å². The van der Waals surface area contributed by atoms with Crippen LogP contribution < -0.4 is 27.0 Å². The second kappa shape index (κ2) is 11.6. The standard InChI is InChI=1S/C13H24F4N8/c14-9(15)7-20-11-22-12(21-8-10(16)17)24-13(23-11)25(5-1-3-18)6-2-4-19/h9-10H,1-8,18-19H2,(H2,20,21,22,23,24). The zero-order valence-electron chi connectivity index (χ0n) is 13.8. The summed E-state index contributed by atoms with van der Waals surface area (Å²) in [5.74, 6) is -0.0504. The molecular weight excluding hydrogens is 344 g/mol. The summed E-state index contributed by atoms with van der Waals surface area (Å²) in [6, 6.07) is 0. The van der Waals surface area contributed by atoms with E-state index in [9.17, 15) is 17.6 Å². The molecule has 0 radical (unpaired) electrons. The van der Waals surface area contributed by atoms with Crippen molar-refractivity contribution < 1.29 is 17.6 Å². The average Bonchev–Trinajstić information content (AvgIpc) is 2.58. The van der Waals surface area contributed by atoms with E-state index in [-0.39, 0.29) is 17.8 Å². The van der Waals surface area contributed by atoms with E-state index in [4.69, 9.17) is 11.5 Å². The van der Waals surface area contributed by atoms with Crippen molar-refractivity contribution >= 4 is 17.8 Å². The van der Waals surface area contributed by atoms with E-state index >= 15 is 0 Å². The summed E-state index contributed by atoms with van der Waals surface area (Å²) in [7, 11) is 0. The molecule has 12 heteroatoms. The highest BCUT2D eigenvalue weighted by atomic mass is 19.3. The Morgan fingerprint density at radius 3 is 1.60 bits per heavy atom. The lowest BCUT2D eigenvalue weighted by molar-refractivity contribution is 0.163. The molecule has 1 heterocycles. The van der Waals surface area contributed by atoms with Crippen molar-refractivity contribution in [2.45, 2.75) is 25.7 Å². The minimum atomic E-state index is -2.61. The fourth-order valence-electron chi connectivity index (χ4n) is 1.88. The summed E-state index contributed by atoms with van der Waals surface area (Å²) in [6.45, 7) is 0.591. The highest BCUT2D eigenvalue weighted by molar-refractivity contribution is 5.44. The predicted octanol–water partition coefficient (Wildman–Crippen LogP) is 0.730. The molecule has 0 unspecified atom stereocenters. The number of halogens is 4. The average molecular weight is 368 g/mol. The van der Waals surface area contributed by atoms with Gasteiger partial charge in [-0.15, -0.1) is 0 Å². The third kappa shape index (κ3) is 8.63. The van der Waals surface area contributed by atoms with Crippen LogP contribution in [0.15, 0.2) is 0 Å². The monoisotopic (exact) mass is 368 g/mol. The zero-order valence-corrected chi connectivity index (χ0v) is 13.8. The molecule has 0 amide bonds. The summed E-state index contributed by atoms with van der Waals surface area (Å²) in [5, 5.41) is 4.73. The number of anilines is 3. The number of hydrogen-bond donors (Lipinski definition) is 4. The first-order valence-corrected chi connectivity index (χ1v) is 7.91. The topological polar surface area (TPSA) is 118 Å². The molecule has 0 saturated carbocycles. The van der Waals surface area contributed by atoms with Crippen molar-refractivity contribution in [1.82, 2.24) is 15.0 Å². The van der Waals surface area contributed by atoms with Crippen LogP contribution >= 0.6 is 0 Å². The van der Waals surface area contributed by atoms with Gasteiger partial charge in [0, 0.05) is 13.1 Å². The van der Waals surface area contributed by atoms with Gasteiger partial charge in [0.25, 0.3) is 12.9 Å². The van der Waals surface area contributed by atoms with Gasteiger partial charge in [0.15, 0.2) is 0 Å². The predicted molar refractivity (Wildman–Crippen MR) is 88.4 cm³/mol. The van der Waals surface area contributed by atoms with Crippen LogP contribution in [0.25, 0.3) is 0 Å². The van der Waals surface area contributed by atoms with Gasteiger partial charge in [-0.3, -0.25) is 0 Å². The fourth-order valence-corrected chi connectivity index (χ4v) is 1.88. The van der Waals surface area contributed by atoms with Crippen molar-refractivity contribution in [2.24, 2.45) is 11.5 Å². The molecule has 0 spiro atoms. The number of hydrogen-bond acceptors (Lipinski definition) is 8. The van der Waals surface area contributed by atoms with Gasteiger partial charge in [-0.2, -0.15) is 15.0 Å². The Morgan fingerprint density at radius 1 is 0.800 bits per heavy atom. The van der Waals surface area contributed by atoms with E-state index in [1.54, 1.807) is 4.90 Å². The van der Waals surface area contributed by atoms with Crippen molar-refractivity contribution in [1.29, 1.82) is 0 Å². The fraction of sp³-hybridized carbons (Fsp3) is 0.769. The van der Waals surface area contributed by atoms with Gasteiger partial charge in [0.05, 0.1) is 13.1 Å². The molecule has 0 aliphatic rings. The Bertz CT molecular complexity index is 453. The van der Waals surface area contributed by atoms with Crippen LogP contribution in [-0.2, 0) is 0 Å². The summed E-state index contributed by atoms with van der Waals surface area (Å²) < 4.78 is 49.5. The van der Waals surface area contributed by atoms with Gasteiger partial charge in [-0.25, -0.2) is 17.6 Å². The summed E-state index contributed by atoms with van der Waals surface area (Å²) in [4.78, 5) is 13.8. The Morgan fingerprint density at radius 2 is 1.24 bits per heavy atom. The van der Waals surface area contributed by atoms with Crippen LogP contribution in [0.1, 0.15) is 12.8 Å². The number of aromatic nitrogens is 3. The number of rotatable bonds is 13. The van der Waals surface area contributed by atoms with Crippen LogP contribution in [0.2, 0.25) is 0 Å². The summed E-state index contributed by atoms with van der Waals surface area (Å²) in [6.07, 6.45) is -3.92. The molecule has 0 atom stereocenters. The maximum absolute atomic E-state index is 12.4. The van der Waals surface area contributed by atoms with Crippen molar-refractivity contribution in [3.8, 4) is 0 Å². The molecule has 0 aliphatic heterocycles. The zero-order chi connectivity index (χ0) is 18.7. The Balaban J connectivity index is 3.00. The smallest absolute Gasteiger partial charge is 0.255 e. The second-order valence-electron chi connectivity index (χ2n) is 5.10. The molecule has 144 valence electrons. The molecule has 25 heavy (non-hydrogen) atoms. The molecule has 1 aromatic rings. The lowest BCUT2D eigenvalue weighted by atomic mass is 10.3. The molecule has 0 fully saturated rings. The largest absolute Gasteiger partial charge is 0.348 e. The first-order chi connectivity index (χ1) is 12.0. The number of nitrogens with zero attached hydrogens (tertiary/aromatic N) is 4. The quantitative estimate of drug-likeness (QED) is 0.376. The normalized spacial score (nSPS) is 11.2. The molecule has 8 nitrogen and oxygen atoms in total. The highest BCUT2D eigenvalue weighted by Gasteiger charge is 2.15. The molecule has 0 bridgehead atoms. The SMILES string of the molecule is NCCCN(CCCN)c1nc(NCC(F)F)nc(NCC(F)F)n1.